The van der Waals surface area contributed by atoms with Crippen molar-refractivity contribution in [3.8, 4) is 0 Å². The third-order valence-electron chi connectivity index (χ3n) is 7.11. The molecule has 0 saturated carbocycles. The van der Waals surface area contributed by atoms with Crippen molar-refractivity contribution in [1.82, 2.24) is 24.8 Å². The normalized spacial score (nSPS) is 25.1. The Hall–Kier alpha value is -3.03. The van der Waals surface area contributed by atoms with Gasteiger partial charge in [0.1, 0.15) is 0 Å². The van der Waals surface area contributed by atoms with Gasteiger partial charge in [-0.05, 0) is 38.0 Å². The first-order valence-corrected chi connectivity index (χ1v) is 10.7. The minimum Gasteiger partial charge on any atom is -0.340 e. The molecule has 3 aliphatic rings. The van der Waals surface area contributed by atoms with Gasteiger partial charge in [-0.3, -0.25) is 14.6 Å². The lowest BCUT2D eigenvalue weighted by Gasteiger charge is -2.47. The van der Waals surface area contributed by atoms with Crippen molar-refractivity contribution < 1.29 is 9.59 Å². The van der Waals surface area contributed by atoms with Gasteiger partial charge < -0.3 is 14.7 Å². The molecule has 3 fully saturated rings. The van der Waals surface area contributed by atoms with Crippen LogP contribution in [0, 0.1) is 11.8 Å². The van der Waals surface area contributed by atoms with Crippen LogP contribution in [0.2, 0.25) is 0 Å². The molecule has 1 spiro atoms. The number of carbonyl (C=O) groups is 2. The Morgan fingerprint density at radius 3 is 2.57 bits per heavy atom. The van der Waals surface area contributed by atoms with Crippen molar-refractivity contribution in [2.75, 3.05) is 37.6 Å². The molecule has 0 radical (unpaired) electrons. The largest absolute Gasteiger partial charge is 0.340 e. The number of nitrogens with zero attached hydrogens (tertiary/aromatic N) is 6. The van der Waals surface area contributed by atoms with E-state index in [4.69, 9.17) is 0 Å². The number of carbonyl (C=O) groups excluding carboxylic acids is 2. The van der Waals surface area contributed by atoms with Crippen LogP contribution in [0.4, 0.5) is 5.95 Å². The summed E-state index contributed by atoms with van der Waals surface area (Å²) >= 11 is 0. The first kappa shape index (κ1) is 19.0. The van der Waals surface area contributed by atoms with Crippen LogP contribution in [0.1, 0.15) is 30.1 Å². The van der Waals surface area contributed by atoms with Crippen molar-refractivity contribution in [3.63, 3.8) is 0 Å². The lowest BCUT2D eigenvalue weighted by atomic mass is 9.74. The van der Waals surface area contributed by atoms with E-state index in [9.17, 15) is 9.59 Å². The number of aromatic nitrogens is 3. The second kappa shape index (κ2) is 7.34. The number of hydrogen-bond acceptors (Lipinski definition) is 6. The molecule has 5 rings (SSSR count). The molecule has 8 heteroatoms. The third kappa shape index (κ3) is 2.85. The van der Waals surface area contributed by atoms with Crippen molar-refractivity contribution in [1.29, 1.82) is 0 Å². The summed E-state index contributed by atoms with van der Waals surface area (Å²) in [7, 11) is 0. The maximum Gasteiger partial charge on any atom is 0.255 e. The van der Waals surface area contributed by atoms with Crippen molar-refractivity contribution in [3.05, 3.63) is 48.5 Å². The number of anilines is 1. The molecule has 2 atom stereocenters. The monoisotopic (exact) mass is 406 g/mol. The van der Waals surface area contributed by atoms with Gasteiger partial charge in [0.15, 0.2) is 0 Å². The quantitative estimate of drug-likeness (QED) is 0.768. The molecular weight excluding hydrogens is 380 g/mol. The Morgan fingerprint density at radius 2 is 1.90 bits per heavy atom. The molecule has 2 amide bonds. The Bertz CT molecular complexity index is 929. The van der Waals surface area contributed by atoms with Crippen molar-refractivity contribution >= 4 is 17.8 Å². The number of rotatable bonds is 3. The molecule has 0 N–H and O–H groups in total. The molecule has 3 aliphatic heterocycles. The Morgan fingerprint density at radius 1 is 1.13 bits per heavy atom. The highest BCUT2D eigenvalue weighted by Crippen LogP contribution is 2.50. The van der Waals surface area contributed by atoms with Crippen LogP contribution >= 0.6 is 0 Å². The Labute approximate surface area is 175 Å². The maximum absolute atomic E-state index is 13.3. The van der Waals surface area contributed by atoms with E-state index in [1.807, 2.05) is 11.0 Å². The van der Waals surface area contributed by atoms with E-state index >= 15 is 0 Å². The van der Waals surface area contributed by atoms with E-state index < -0.39 is 0 Å². The number of amides is 2. The van der Waals surface area contributed by atoms with E-state index in [0.29, 0.717) is 37.7 Å². The average Bonchev–Trinajstić information content (AvgIpc) is 3.34. The summed E-state index contributed by atoms with van der Waals surface area (Å²) in [6, 6.07) is 5.40. The van der Waals surface area contributed by atoms with Crippen LogP contribution in [-0.2, 0) is 4.79 Å². The van der Waals surface area contributed by atoms with Crippen LogP contribution in [0.25, 0.3) is 0 Å². The van der Waals surface area contributed by atoms with Gasteiger partial charge in [-0.2, -0.15) is 0 Å². The zero-order valence-corrected chi connectivity index (χ0v) is 17.1. The molecule has 8 nitrogen and oxygen atoms in total. The highest BCUT2D eigenvalue weighted by Gasteiger charge is 2.61. The first-order valence-electron chi connectivity index (χ1n) is 10.7. The maximum atomic E-state index is 13.3. The van der Waals surface area contributed by atoms with E-state index in [1.165, 1.54) is 0 Å². The highest BCUT2D eigenvalue weighted by atomic mass is 16.2. The zero-order chi connectivity index (χ0) is 20.7. The fourth-order valence-corrected chi connectivity index (χ4v) is 5.72. The molecule has 5 heterocycles. The van der Waals surface area contributed by atoms with E-state index in [2.05, 4.69) is 31.7 Å². The number of pyridine rings is 1. The number of fused-ring (bicyclic) bond motifs is 2. The minimum absolute atomic E-state index is 0.0191. The lowest BCUT2D eigenvalue weighted by Crippen LogP contribution is -2.57. The summed E-state index contributed by atoms with van der Waals surface area (Å²) in [6.07, 6.45) is 8.40. The van der Waals surface area contributed by atoms with Gasteiger partial charge in [0.2, 0.25) is 11.9 Å². The molecule has 0 aromatic carbocycles. The topological polar surface area (TPSA) is 82.5 Å². The fourth-order valence-electron chi connectivity index (χ4n) is 5.72. The van der Waals surface area contributed by atoms with Gasteiger partial charge in [-0.15, -0.1) is 0 Å². The van der Waals surface area contributed by atoms with Crippen LogP contribution in [0.15, 0.2) is 43.0 Å². The summed E-state index contributed by atoms with van der Waals surface area (Å²) in [5, 5.41) is 0. The average molecular weight is 406 g/mol. The molecule has 30 heavy (non-hydrogen) atoms. The van der Waals surface area contributed by atoms with Crippen LogP contribution < -0.4 is 4.90 Å². The molecule has 0 aliphatic carbocycles. The zero-order valence-electron chi connectivity index (χ0n) is 17.1. The predicted octanol–water partition coefficient (Wildman–Crippen LogP) is 1.46. The molecule has 0 unspecified atom stereocenters. The van der Waals surface area contributed by atoms with Gasteiger partial charge in [0.25, 0.3) is 5.91 Å². The molecular formula is C22H26N6O2. The van der Waals surface area contributed by atoms with E-state index in [1.54, 1.807) is 36.9 Å². The molecule has 0 bridgehead atoms. The summed E-state index contributed by atoms with van der Waals surface area (Å²) in [5.41, 5.74) is 0.431. The molecule has 2 aromatic heterocycles. The lowest BCUT2D eigenvalue weighted by molar-refractivity contribution is -0.134. The van der Waals surface area contributed by atoms with Crippen LogP contribution in [0.5, 0.6) is 0 Å². The van der Waals surface area contributed by atoms with Gasteiger partial charge >= 0.3 is 0 Å². The second-order valence-electron chi connectivity index (χ2n) is 8.39. The minimum atomic E-state index is -0.189. The second-order valence-corrected chi connectivity index (χ2v) is 8.39. The number of hydrogen-bond donors (Lipinski definition) is 0. The molecule has 156 valence electrons. The molecule has 2 aromatic rings. The summed E-state index contributed by atoms with van der Waals surface area (Å²) in [4.78, 5) is 45.1. The van der Waals surface area contributed by atoms with E-state index in [0.717, 1.165) is 19.4 Å². The smallest absolute Gasteiger partial charge is 0.255 e. The number of likely N-dealkylation sites (tertiary alicyclic amines) is 2. The first-order chi connectivity index (χ1) is 14.6. The third-order valence-corrected chi connectivity index (χ3v) is 7.11. The standard InChI is InChI=1S/C22H26N6O2/c1-2-28-20(30)17-14-27(21-24-9-4-10-25-21)15-18(17)22(28)6-11-26(12-7-22)19(29)16-5-3-8-23-13-16/h3-5,8-10,13,17-18H,2,6-7,11-12,14-15H2,1H3/t17-,18+/m1/s1. The highest BCUT2D eigenvalue weighted by molar-refractivity contribution is 5.94. The summed E-state index contributed by atoms with van der Waals surface area (Å²) in [5.74, 6) is 1.18. The van der Waals surface area contributed by atoms with Crippen molar-refractivity contribution in [2.45, 2.75) is 25.3 Å². The predicted molar refractivity (Wildman–Crippen MR) is 111 cm³/mol. The SMILES string of the molecule is CCN1C(=O)[C@@H]2CN(c3ncccn3)C[C@@H]2C12CCN(C(=O)c1cccnc1)CC2. The van der Waals surface area contributed by atoms with Crippen LogP contribution in [-0.4, -0.2) is 74.8 Å². The van der Waals surface area contributed by atoms with E-state index in [-0.39, 0.29) is 29.2 Å². The molecule has 3 saturated heterocycles. The van der Waals surface area contributed by atoms with Gasteiger partial charge in [0.05, 0.1) is 17.0 Å². The number of piperidine rings is 1. The van der Waals surface area contributed by atoms with Gasteiger partial charge in [-0.25, -0.2) is 9.97 Å². The Kier molecular flexibility index (Phi) is 4.64. The van der Waals surface area contributed by atoms with Crippen molar-refractivity contribution in [2.24, 2.45) is 11.8 Å². The Balaban J connectivity index is 1.36. The summed E-state index contributed by atoms with van der Waals surface area (Å²) in [6.45, 7) is 5.54. The van der Waals surface area contributed by atoms with Crippen LogP contribution in [0.3, 0.4) is 0 Å². The fraction of sp³-hybridized carbons (Fsp3) is 0.500. The van der Waals surface area contributed by atoms with Gasteiger partial charge in [0, 0.05) is 63.4 Å². The van der Waals surface area contributed by atoms with Gasteiger partial charge in [-0.1, -0.05) is 0 Å². The summed E-state index contributed by atoms with van der Waals surface area (Å²) < 4.78 is 0.